The van der Waals surface area contributed by atoms with E-state index in [4.69, 9.17) is 5.21 Å². The molecule has 0 bridgehead atoms. The molecule has 0 aromatic carbocycles. The molecular formula is C9H15N2O+. The zero-order chi connectivity index (χ0) is 8.81. The van der Waals surface area contributed by atoms with E-state index in [1.807, 2.05) is 6.08 Å². The molecule has 12 heavy (non-hydrogen) atoms. The number of hydrogen-bond acceptors (Lipinski definition) is 2. The summed E-state index contributed by atoms with van der Waals surface area (Å²) in [5.74, 6) is 0. The highest BCUT2D eigenvalue weighted by Crippen LogP contribution is 2.04. The van der Waals surface area contributed by atoms with Gasteiger partial charge in [-0.3, -0.25) is 0 Å². The fourth-order valence-corrected chi connectivity index (χ4v) is 1.49. The predicted octanol–water partition coefficient (Wildman–Crippen LogP) is 1.27. The Kier molecular flexibility index (Phi) is 3.51. The summed E-state index contributed by atoms with van der Waals surface area (Å²) < 4.78 is 2.19. The van der Waals surface area contributed by atoms with Gasteiger partial charge in [-0.1, -0.05) is 11.7 Å². The van der Waals surface area contributed by atoms with Crippen molar-refractivity contribution in [2.24, 2.45) is 5.16 Å². The second-order valence-corrected chi connectivity index (χ2v) is 2.93. The van der Waals surface area contributed by atoms with Gasteiger partial charge in [0.05, 0.1) is 0 Å². The largest absolute Gasteiger partial charge is 0.411 e. The molecule has 0 aromatic rings. The summed E-state index contributed by atoms with van der Waals surface area (Å²) >= 11 is 0. The van der Waals surface area contributed by atoms with Gasteiger partial charge in [-0.05, 0) is 12.5 Å². The lowest BCUT2D eigenvalue weighted by Crippen LogP contribution is -2.27. The van der Waals surface area contributed by atoms with E-state index in [-0.39, 0.29) is 0 Å². The zero-order valence-electron chi connectivity index (χ0n) is 7.24. The summed E-state index contributed by atoms with van der Waals surface area (Å²) in [6.07, 6.45) is 6.82. The van der Waals surface area contributed by atoms with Gasteiger partial charge in [-0.25, -0.2) is 4.58 Å². The number of oxime groups is 1. The summed E-state index contributed by atoms with van der Waals surface area (Å²) in [5.41, 5.74) is 1.11. The van der Waals surface area contributed by atoms with Gasteiger partial charge in [-0.15, -0.1) is 0 Å². The van der Waals surface area contributed by atoms with Gasteiger partial charge < -0.3 is 5.21 Å². The Labute approximate surface area is 72.7 Å². The monoisotopic (exact) mass is 167 g/mol. The van der Waals surface area contributed by atoms with Crippen LogP contribution in [0.4, 0.5) is 0 Å². The van der Waals surface area contributed by atoms with Crippen molar-refractivity contribution in [2.75, 3.05) is 13.1 Å². The van der Waals surface area contributed by atoms with Crippen LogP contribution < -0.4 is 0 Å². The van der Waals surface area contributed by atoms with E-state index >= 15 is 0 Å². The second kappa shape index (κ2) is 4.70. The predicted molar refractivity (Wildman–Crippen MR) is 49.3 cm³/mol. The molecule has 0 aromatic heterocycles. The second-order valence-electron chi connectivity index (χ2n) is 2.93. The fraction of sp³-hybridized carbons (Fsp3) is 0.556. The molecule has 66 valence electrons. The molecule has 3 heteroatoms. The van der Waals surface area contributed by atoms with Crippen molar-refractivity contribution in [1.82, 2.24) is 0 Å². The smallest absolute Gasteiger partial charge is 0.198 e. The first-order valence-electron chi connectivity index (χ1n) is 4.27. The molecule has 0 amide bonds. The summed E-state index contributed by atoms with van der Waals surface area (Å²) in [5, 5.41) is 11.5. The molecule has 0 spiro atoms. The SMILES string of the molecule is C=CC[N+]1=C(/C=N/O)CCCC1. The van der Waals surface area contributed by atoms with Gasteiger partial charge in [0.2, 0.25) is 0 Å². The van der Waals surface area contributed by atoms with Crippen LogP contribution in [-0.2, 0) is 0 Å². The Balaban J connectivity index is 2.74. The van der Waals surface area contributed by atoms with Crippen LogP contribution in [0.3, 0.4) is 0 Å². The van der Waals surface area contributed by atoms with Gasteiger partial charge in [0.1, 0.15) is 12.8 Å². The zero-order valence-corrected chi connectivity index (χ0v) is 7.24. The minimum absolute atomic E-state index is 0.849. The molecule has 0 saturated carbocycles. The molecule has 0 aliphatic carbocycles. The van der Waals surface area contributed by atoms with Crippen molar-refractivity contribution in [3.63, 3.8) is 0 Å². The number of hydrogen-bond donors (Lipinski definition) is 1. The van der Waals surface area contributed by atoms with Crippen LogP contribution in [0.2, 0.25) is 0 Å². The average Bonchev–Trinajstić information content (AvgIpc) is 2.09. The van der Waals surface area contributed by atoms with E-state index < -0.39 is 0 Å². The van der Waals surface area contributed by atoms with Crippen molar-refractivity contribution >= 4 is 11.9 Å². The molecule has 3 nitrogen and oxygen atoms in total. The van der Waals surface area contributed by atoms with E-state index in [1.165, 1.54) is 19.1 Å². The maximum absolute atomic E-state index is 8.40. The highest BCUT2D eigenvalue weighted by Gasteiger charge is 2.16. The third-order valence-corrected chi connectivity index (χ3v) is 2.07. The third-order valence-electron chi connectivity index (χ3n) is 2.07. The Bertz CT molecular complexity index is 219. The molecular weight excluding hydrogens is 152 g/mol. The molecule has 1 aliphatic heterocycles. The van der Waals surface area contributed by atoms with E-state index in [2.05, 4.69) is 16.3 Å². The third kappa shape index (κ3) is 2.19. The fourth-order valence-electron chi connectivity index (χ4n) is 1.49. The molecule has 1 N–H and O–H groups in total. The maximum atomic E-state index is 8.40. The molecule has 1 heterocycles. The van der Waals surface area contributed by atoms with Crippen LogP contribution in [0.25, 0.3) is 0 Å². The van der Waals surface area contributed by atoms with Crippen LogP contribution in [0.15, 0.2) is 17.8 Å². The molecule has 0 fully saturated rings. The van der Waals surface area contributed by atoms with Gasteiger partial charge >= 0.3 is 0 Å². The molecule has 0 atom stereocenters. The Morgan fingerprint density at radius 1 is 1.58 bits per heavy atom. The van der Waals surface area contributed by atoms with Crippen LogP contribution in [0.5, 0.6) is 0 Å². The van der Waals surface area contributed by atoms with Gasteiger partial charge in [0, 0.05) is 12.8 Å². The van der Waals surface area contributed by atoms with Crippen LogP contribution in [0, 0.1) is 0 Å². The summed E-state index contributed by atoms with van der Waals surface area (Å²) in [6, 6.07) is 0. The lowest BCUT2D eigenvalue weighted by Gasteiger charge is -2.10. The maximum Gasteiger partial charge on any atom is 0.198 e. The molecule has 0 saturated heterocycles. The average molecular weight is 167 g/mol. The Morgan fingerprint density at radius 2 is 2.42 bits per heavy atom. The van der Waals surface area contributed by atoms with Crippen molar-refractivity contribution in [1.29, 1.82) is 0 Å². The topological polar surface area (TPSA) is 35.6 Å². The lowest BCUT2D eigenvalue weighted by molar-refractivity contribution is -0.521. The standard InChI is InChI=1S/C9H14N2O/c1-2-6-11-7-4-3-5-9(11)8-10-12/h2,8H,1,3-7H2/p+1. The van der Waals surface area contributed by atoms with Gasteiger partial charge in [0.15, 0.2) is 12.3 Å². The quantitative estimate of drug-likeness (QED) is 0.222. The van der Waals surface area contributed by atoms with Crippen LogP contribution in [-0.4, -0.2) is 34.8 Å². The minimum atomic E-state index is 0.849. The highest BCUT2D eigenvalue weighted by atomic mass is 16.4. The minimum Gasteiger partial charge on any atom is -0.411 e. The van der Waals surface area contributed by atoms with E-state index in [0.717, 1.165) is 25.2 Å². The Hall–Kier alpha value is -1.12. The summed E-state index contributed by atoms with van der Waals surface area (Å²) in [4.78, 5) is 0. The number of rotatable bonds is 3. The van der Waals surface area contributed by atoms with Gasteiger partial charge in [-0.2, -0.15) is 0 Å². The molecule has 1 rings (SSSR count). The van der Waals surface area contributed by atoms with Crippen molar-refractivity contribution in [3.8, 4) is 0 Å². The first kappa shape index (κ1) is 8.97. The highest BCUT2D eigenvalue weighted by molar-refractivity contribution is 6.27. The van der Waals surface area contributed by atoms with Crippen molar-refractivity contribution in [3.05, 3.63) is 12.7 Å². The van der Waals surface area contributed by atoms with Crippen molar-refractivity contribution in [2.45, 2.75) is 19.3 Å². The van der Waals surface area contributed by atoms with Crippen molar-refractivity contribution < 1.29 is 9.78 Å². The van der Waals surface area contributed by atoms with E-state index in [0.29, 0.717) is 0 Å². The first-order valence-corrected chi connectivity index (χ1v) is 4.27. The molecule has 0 unspecified atom stereocenters. The molecule has 0 radical (unpaired) electrons. The van der Waals surface area contributed by atoms with E-state index in [1.54, 1.807) is 0 Å². The van der Waals surface area contributed by atoms with E-state index in [9.17, 15) is 0 Å². The van der Waals surface area contributed by atoms with Crippen LogP contribution >= 0.6 is 0 Å². The number of nitrogens with zero attached hydrogens (tertiary/aromatic N) is 2. The van der Waals surface area contributed by atoms with Gasteiger partial charge in [0.25, 0.3) is 0 Å². The first-order chi connectivity index (χ1) is 5.88. The van der Waals surface area contributed by atoms with Crippen LogP contribution in [0.1, 0.15) is 19.3 Å². The summed E-state index contributed by atoms with van der Waals surface area (Å²) in [7, 11) is 0. The Morgan fingerprint density at radius 3 is 3.08 bits per heavy atom. The lowest BCUT2D eigenvalue weighted by atomic mass is 10.1. The normalized spacial score (nSPS) is 18.7. The molecule has 1 aliphatic rings. The summed E-state index contributed by atoms with van der Waals surface area (Å²) in [6.45, 7) is 5.58.